The summed E-state index contributed by atoms with van der Waals surface area (Å²) in [7, 11) is 0. The van der Waals surface area contributed by atoms with E-state index < -0.39 is 0 Å². The van der Waals surface area contributed by atoms with E-state index in [1.54, 1.807) is 0 Å². The normalized spacial score (nSPS) is 23.8. The van der Waals surface area contributed by atoms with Crippen molar-refractivity contribution in [2.75, 3.05) is 32.7 Å². The average Bonchev–Trinajstić information content (AvgIpc) is 2.66. The molecule has 2 atom stereocenters. The van der Waals surface area contributed by atoms with Crippen LogP contribution in [-0.2, 0) is 0 Å². The van der Waals surface area contributed by atoms with Crippen LogP contribution in [0, 0.1) is 5.92 Å². The molecule has 1 saturated heterocycles. The van der Waals surface area contributed by atoms with Crippen molar-refractivity contribution in [2.45, 2.75) is 45.6 Å². The second-order valence-electron chi connectivity index (χ2n) is 5.06. The monoisotopic (exact) mass is 228 g/mol. The highest BCUT2D eigenvalue weighted by Crippen LogP contribution is 2.20. The zero-order valence-corrected chi connectivity index (χ0v) is 10.9. The molecule has 1 fully saturated rings. The molecule has 1 heterocycles. The lowest BCUT2D eigenvalue weighted by Crippen LogP contribution is -2.37. The minimum absolute atomic E-state index is 0.202. The maximum Gasteiger partial charge on any atom is 0.0791 e. The maximum absolute atomic E-state index is 9.85. The third-order valence-corrected chi connectivity index (χ3v) is 3.34. The van der Waals surface area contributed by atoms with E-state index in [1.165, 1.54) is 32.4 Å². The van der Waals surface area contributed by atoms with Crippen molar-refractivity contribution in [3.8, 4) is 0 Å². The van der Waals surface area contributed by atoms with Gasteiger partial charge >= 0.3 is 0 Å². The zero-order chi connectivity index (χ0) is 11.8. The van der Waals surface area contributed by atoms with E-state index in [2.05, 4.69) is 24.1 Å². The van der Waals surface area contributed by atoms with E-state index in [9.17, 15) is 5.11 Å². The van der Waals surface area contributed by atoms with E-state index >= 15 is 0 Å². The molecule has 3 nitrogen and oxygen atoms in total. The molecule has 0 saturated carbocycles. The fourth-order valence-corrected chi connectivity index (χ4v) is 2.53. The lowest BCUT2D eigenvalue weighted by molar-refractivity contribution is 0.121. The first-order valence-corrected chi connectivity index (χ1v) is 6.87. The van der Waals surface area contributed by atoms with Crippen LogP contribution in [0.5, 0.6) is 0 Å². The predicted molar refractivity (Wildman–Crippen MR) is 68.6 cm³/mol. The Morgan fingerprint density at radius 1 is 1.38 bits per heavy atom. The fraction of sp³-hybridized carbons (Fsp3) is 1.00. The Hall–Kier alpha value is -0.120. The van der Waals surface area contributed by atoms with Crippen molar-refractivity contribution in [3.63, 3.8) is 0 Å². The van der Waals surface area contributed by atoms with Gasteiger partial charge in [0.1, 0.15) is 0 Å². The predicted octanol–water partition coefficient (Wildman–Crippen LogP) is 1.47. The molecular formula is C13H28N2O. The van der Waals surface area contributed by atoms with Crippen molar-refractivity contribution >= 4 is 0 Å². The molecule has 0 aromatic carbocycles. The van der Waals surface area contributed by atoms with Crippen LogP contribution in [0.15, 0.2) is 0 Å². The Labute approximate surface area is 100 Å². The number of nitrogens with one attached hydrogen (secondary N) is 1. The first-order chi connectivity index (χ1) is 7.76. The van der Waals surface area contributed by atoms with E-state index in [1.807, 2.05) is 0 Å². The first-order valence-electron chi connectivity index (χ1n) is 6.87. The van der Waals surface area contributed by atoms with Crippen molar-refractivity contribution in [3.05, 3.63) is 0 Å². The molecule has 0 aromatic rings. The van der Waals surface area contributed by atoms with Gasteiger partial charge in [-0.05, 0) is 38.3 Å². The second kappa shape index (κ2) is 8.04. The summed E-state index contributed by atoms with van der Waals surface area (Å²) in [6.45, 7) is 9.37. The van der Waals surface area contributed by atoms with Gasteiger partial charge in [-0.25, -0.2) is 0 Å². The number of hydrogen-bond donors (Lipinski definition) is 2. The van der Waals surface area contributed by atoms with Crippen LogP contribution in [0.25, 0.3) is 0 Å². The van der Waals surface area contributed by atoms with Gasteiger partial charge in [-0.1, -0.05) is 20.3 Å². The summed E-state index contributed by atoms with van der Waals surface area (Å²) in [5, 5.41) is 13.1. The van der Waals surface area contributed by atoms with Crippen LogP contribution in [0.1, 0.15) is 39.5 Å². The van der Waals surface area contributed by atoms with Crippen LogP contribution in [0.4, 0.5) is 0 Å². The topological polar surface area (TPSA) is 35.5 Å². The van der Waals surface area contributed by atoms with E-state index in [-0.39, 0.29) is 6.10 Å². The average molecular weight is 228 g/mol. The zero-order valence-electron chi connectivity index (χ0n) is 10.9. The number of β-amino-alcohol motifs (C(OH)–C–C–N with tert-alkyl or cyclic N) is 1. The van der Waals surface area contributed by atoms with Gasteiger partial charge in [-0.15, -0.1) is 0 Å². The lowest BCUT2D eigenvalue weighted by Gasteiger charge is -2.20. The number of aliphatic hydroxyl groups is 1. The summed E-state index contributed by atoms with van der Waals surface area (Å²) in [6.07, 6.45) is 4.89. The molecule has 0 amide bonds. The van der Waals surface area contributed by atoms with E-state index in [4.69, 9.17) is 0 Å². The van der Waals surface area contributed by atoms with Gasteiger partial charge in [0.15, 0.2) is 0 Å². The summed E-state index contributed by atoms with van der Waals surface area (Å²) in [4.78, 5) is 2.42. The van der Waals surface area contributed by atoms with Crippen LogP contribution < -0.4 is 5.32 Å². The van der Waals surface area contributed by atoms with Gasteiger partial charge in [0.25, 0.3) is 0 Å². The van der Waals surface area contributed by atoms with Gasteiger partial charge in [-0.2, -0.15) is 0 Å². The Morgan fingerprint density at radius 3 is 2.88 bits per heavy atom. The lowest BCUT2D eigenvalue weighted by atomic mass is 10.0. The van der Waals surface area contributed by atoms with Crippen molar-refractivity contribution in [1.82, 2.24) is 10.2 Å². The molecule has 0 aliphatic carbocycles. The molecule has 1 rings (SSSR count). The maximum atomic E-state index is 9.85. The van der Waals surface area contributed by atoms with Crippen LogP contribution in [0.2, 0.25) is 0 Å². The van der Waals surface area contributed by atoms with Gasteiger partial charge in [0.2, 0.25) is 0 Å². The molecule has 0 spiro atoms. The van der Waals surface area contributed by atoms with E-state index in [0.29, 0.717) is 0 Å². The smallest absolute Gasteiger partial charge is 0.0791 e. The highest BCUT2D eigenvalue weighted by atomic mass is 16.3. The number of rotatable bonds is 8. The summed E-state index contributed by atoms with van der Waals surface area (Å²) in [5.74, 6) is 0.876. The number of likely N-dealkylation sites (tertiary alicyclic amines) is 1. The van der Waals surface area contributed by atoms with Gasteiger partial charge in [-0.3, -0.25) is 0 Å². The molecule has 2 N–H and O–H groups in total. The molecule has 0 radical (unpaired) electrons. The summed E-state index contributed by atoms with van der Waals surface area (Å²) in [5.41, 5.74) is 0. The van der Waals surface area contributed by atoms with Gasteiger partial charge in [0.05, 0.1) is 6.10 Å². The highest BCUT2D eigenvalue weighted by molar-refractivity contribution is 4.77. The summed E-state index contributed by atoms with van der Waals surface area (Å²) < 4.78 is 0. The largest absolute Gasteiger partial charge is 0.390 e. The summed E-state index contributed by atoms with van der Waals surface area (Å²) in [6, 6.07) is 0. The Kier molecular flexibility index (Phi) is 7.01. The molecule has 0 aromatic heterocycles. The van der Waals surface area contributed by atoms with Crippen LogP contribution >= 0.6 is 0 Å². The quantitative estimate of drug-likeness (QED) is 0.618. The molecule has 1 aliphatic heterocycles. The van der Waals surface area contributed by atoms with Crippen molar-refractivity contribution in [1.29, 1.82) is 0 Å². The standard InChI is InChI=1S/C13H28N2O/c1-3-5-12-6-8-15(10-12)11-13(16)9-14-7-4-2/h12-14,16H,3-11H2,1-2H3. The minimum Gasteiger partial charge on any atom is -0.390 e. The molecule has 3 heteroatoms. The Bertz CT molecular complexity index is 175. The molecule has 96 valence electrons. The third-order valence-electron chi connectivity index (χ3n) is 3.34. The Balaban J connectivity index is 2.08. The van der Waals surface area contributed by atoms with Crippen LogP contribution in [-0.4, -0.2) is 48.8 Å². The number of hydrogen-bond acceptors (Lipinski definition) is 3. The molecule has 2 unspecified atom stereocenters. The van der Waals surface area contributed by atoms with Crippen molar-refractivity contribution < 1.29 is 5.11 Å². The second-order valence-corrected chi connectivity index (χ2v) is 5.06. The highest BCUT2D eigenvalue weighted by Gasteiger charge is 2.22. The van der Waals surface area contributed by atoms with Crippen molar-refractivity contribution in [2.24, 2.45) is 5.92 Å². The Morgan fingerprint density at radius 2 is 2.19 bits per heavy atom. The van der Waals surface area contributed by atoms with Gasteiger partial charge in [0, 0.05) is 19.6 Å². The molecule has 16 heavy (non-hydrogen) atoms. The SMILES string of the molecule is CCCNCC(O)CN1CCC(CCC)C1. The molecule has 1 aliphatic rings. The first kappa shape index (κ1) is 13.9. The summed E-state index contributed by atoms with van der Waals surface area (Å²) >= 11 is 0. The minimum atomic E-state index is -0.202. The third kappa shape index (κ3) is 5.28. The fourth-order valence-electron chi connectivity index (χ4n) is 2.53. The number of nitrogens with zero attached hydrogens (tertiary/aromatic N) is 1. The molecule has 0 bridgehead atoms. The van der Waals surface area contributed by atoms with Gasteiger partial charge < -0.3 is 15.3 Å². The van der Waals surface area contributed by atoms with E-state index in [0.717, 1.165) is 32.0 Å². The number of aliphatic hydroxyl groups excluding tert-OH is 1. The molecular weight excluding hydrogens is 200 g/mol. The van der Waals surface area contributed by atoms with Crippen LogP contribution in [0.3, 0.4) is 0 Å².